The van der Waals surface area contributed by atoms with Crippen molar-refractivity contribution >= 4 is 35.4 Å². The molecule has 1 amide bonds. The van der Waals surface area contributed by atoms with Crippen molar-refractivity contribution in [1.82, 2.24) is 10.3 Å². The molecule has 27 heavy (non-hydrogen) atoms. The van der Waals surface area contributed by atoms with Gasteiger partial charge >= 0.3 is 5.97 Å². The summed E-state index contributed by atoms with van der Waals surface area (Å²) in [6.45, 7) is 0.181. The summed E-state index contributed by atoms with van der Waals surface area (Å²) in [5.41, 5.74) is 1.84. The summed E-state index contributed by atoms with van der Waals surface area (Å²) in [4.78, 5) is 28.8. The van der Waals surface area contributed by atoms with Crippen molar-refractivity contribution in [2.24, 2.45) is 0 Å². The number of amides is 1. The first-order valence-corrected chi connectivity index (χ1v) is 8.65. The average Bonchev–Trinajstić information content (AvgIpc) is 2.70. The number of esters is 1. The average molecular weight is 376 g/mol. The second-order valence-corrected chi connectivity index (χ2v) is 6.07. The molecule has 1 N–H and O–H groups in total. The Bertz CT molecular complexity index is 1040. The zero-order valence-corrected chi connectivity index (χ0v) is 15.2. The van der Waals surface area contributed by atoms with E-state index in [2.05, 4.69) is 34.8 Å². The monoisotopic (exact) mass is 376 g/mol. The molecule has 1 heterocycles. The lowest BCUT2D eigenvalue weighted by molar-refractivity contribution is -0.137. The van der Waals surface area contributed by atoms with Crippen LogP contribution in [-0.2, 0) is 16.1 Å². The van der Waals surface area contributed by atoms with Crippen LogP contribution in [0.25, 0.3) is 10.9 Å². The van der Waals surface area contributed by atoms with Crippen LogP contribution in [0.2, 0.25) is 0 Å². The molecule has 0 fully saturated rings. The van der Waals surface area contributed by atoms with Crippen molar-refractivity contribution in [3.05, 3.63) is 71.9 Å². The van der Waals surface area contributed by atoms with Crippen LogP contribution < -0.4 is 5.32 Å². The second-order valence-electron chi connectivity index (χ2n) is 5.59. The molecule has 5 nitrogen and oxygen atoms in total. The van der Waals surface area contributed by atoms with E-state index in [-0.39, 0.29) is 24.8 Å². The minimum atomic E-state index is -0.641. The first kappa shape index (κ1) is 18.5. The van der Waals surface area contributed by atoms with Crippen LogP contribution in [0.1, 0.15) is 16.1 Å². The Morgan fingerprint density at radius 1 is 1.04 bits per heavy atom. The number of nitrogens with one attached hydrogen (secondary N) is 1. The fraction of sp³-hybridized carbons (Fsp3) is 0.0952. The molecular weight excluding hydrogens is 360 g/mol. The lowest BCUT2D eigenvalue weighted by Crippen LogP contribution is -2.24. The summed E-state index contributed by atoms with van der Waals surface area (Å²) < 4.78 is 5.03. The molecule has 0 radical (unpaired) electrons. The highest BCUT2D eigenvalue weighted by atomic mass is 32.1. The van der Waals surface area contributed by atoms with Crippen LogP contribution >= 0.6 is 12.6 Å². The van der Waals surface area contributed by atoms with Crippen molar-refractivity contribution in [2.75, 3.05) is 6.54 Å². The first-order chi connectivity index (χ1) is 13.1. The number of thiol groups is 1. The highest BCUT2D eigenvalue weighted by Crippen LogP contribution is 2.20. The van der Waals surface area contributed by atoms with Crippen LogP contribution in [0.5, 0.6) is 0 Å². The Morgan fingerprint density at radius 2 is 1.85 bits per heavy atom. The van der Waals surface area contributed by atoms with E-state index in [1.54, 1.807) is 12.1 Å². The maximum Gasteiger partial charge on any atom is 0.384 e. The lowest BCUT2D eigenvalue weighted by atomic mass is 10.2. The molecule has 0 saturated heterocycles. The van der Waals surface area contributed by atoms with E-state index in [1.165, 1.54) is 0 Å². The fourth-order valence-corrected chi connectivity index (χ4v) is 2.63. The van der Waals surface area contributed by atoms with E-state index in [9.17, 15) is 9.59 Å². The number of nitrogens with zero attached hydrogens (tertiary/aromatic N) is 1. The van der Waals surface area contributed by atoms with Crippen LogP contribution in [0.4, 0.5) is 0 Å². The highest BCUT2D eigenvalue weighted by Gasteiger charge is 2.08. The third-order valence-electron chi connectivity index (χ3n) is 3.68. The summed E-state index contributed by atoms with van der Waals surface area (Å²) in [6, 6.07) is 18.2. The summed E-state index contributed by atoms with van der Waals surface area (Å²) in [5, 5.41) is 3.48. The predicted molar refractivity (Wildman–Crippen MR) is 105 cm³/mol. The van der Waals surface area contributed by atoms with Gasteiger partial charge in [0, 0.05) is 16.2 Å². The number of hydrogen-bond donors (Lipinski definition) is 2. The fourth-order valence-electron chi connectivity index (χ4n) is 2.36. The highest BCUT2D eigenvalue weighted by molar-refractivity contribution is 7.80. The molecule has 0 saturated carbocycles. The molecule has 134 valence electrons. The Morgan fingerprint density at radius 3 is 2.67 bits per heavy atom. The minimum Gasteiger partial charge on any atom is -0.451 e. The zero-order valence-electron chi connectivity index (χ0n) is 14.3. The van der Waals surface area contributed by atoms with E-state index in [0.717, 1.165) is 15.8 Å². The number of rotatable bonds is 4. The van der Waals surface area contributed by atoms with Gasteiger partial charge in [-0.25, -0.2) is 9.78 Å². The first-order valence-electron chi connectivity index (χ1n) is 8.20. The van der Waals surface area contributed by atoms with E-state index in [0.29, 0.717) is 5.52 Å². The third kappa shape index (κ3) is 5.09. The van der Waals surface area contributed by atoms with Crippen LogP contribution in [0.15, 0.2) is 65.6 Å². The lowest BCUT2D eigenvalue weighted by Gasteiger charge is -2.04. The number of carbonyl (C=O) groups is 2. The van der Waals surface area contributed by atoms with Gasteiger partial charge in [-0.05, 0) is 29.8 Å². The zero-order chi connectivity index (χ0) is 19.1. The molecule has 0 aliphatic heterocycles. The van der Waals surface area contributed by atoms with Crippen molar-refractivity contribution in [3.63, 3.8) is 0 Å². The quantitative estimate of drug-likeness (QED) is 0.318. The molecule has 0 atom stereocenters. The third-order valence-corrected chi connectivity index (χ3v) is 4.07. The number of ether oxygens (including phenoxy) is 1. The van der Waals surface area contributed by atoms with E-state index < -0.39 is 5.97 Å². The van der Waals surface area contributed by atoms with E-state index >= 15 is 0 Å². The molecule has 0 unspecified atom stereocenters. The van der Waals surface area contributed by atoms with Crippen LogP contribution in [0.3, 0.4) is 0 Å². The van der Waals surface area contributed by atoms with Crippen molar-refractivity contribution in [1.29, 1.82) is 0 Å². The van der Waals surface area contributed by atoms with Gasteiger partial charge in [-0.3, -0.25) is 4.79 Å². The summed E-state index contributed by atoms with van der Waals surface area (Å²) in [7, 11) is 0. The molecule has 2 aromatic carbocycles. The summed E-state index contributed by atoms with van der Waals surface area (Å²) in [6.07, 6.45) is 0. The van der Waals surface area contributed by atoms with Gasteiger partial charge < -0.3 is 10.1 Å². The maximum atomic E-state index is 12.2. The number of carbonyl (C=O) groups excluding carboxylic acids is 2. The van der Waals surface area contributed by atoms with Gasteiger partial charge in [-0.2, -0.15) is 0 Å². The van der Waals surface area contributed by atoms with Gasteiger partial charge in [0.05, 0.1) is 12.1 Å². The number of pyridine rings is 1. The van der Waals surface area contributed by atoms with Crippen molar-refractivity contribution in [2.45, 2.75) is 11.5 Å². The topological polar surface area (TPSA) is 68.3 Å². The minimum absolute atomic E-state index is 0.0194. The SMILES string of the molecule is O=C(C#CCNC(=O)c1ccc2c(S)cccc2n1)OCc1ccccc1. The molecule has 0 aliphatic rings. The van der Waals surface area contributed by atoms with Crippen LogP contribution in [0, 0.1) is 11.8 Å². The van der Waals surface area contributed by atoms with Gasteiger partial charge in [-0.15, -0.1) is 12.6 Å². The van der Waals surface area contributed by atoms with Gasteiger partial charge in [0.1, 0.15) is 12.3 Å². The molecule has 1 aromatic heterocycles. The molecule has 0 bridgehead atoms. The van der Waals surface area contributed by atoms with E-state index in [1.807, 2.05) is 48.5 Å². The maximum absolute atomic E-state index is 12.2. The molecule has 3 aromatic rings. The Kier molecular flexibility index (Phi) is 6.08. The predicted octanol–water partition coefficient (Wildman–Crippen LogP) is 3.00. The number of fused-ring (bicyclic) bond motifs is 1. The van der Waals surface area contributed by atoms with Gasteiger partial charge in [0.15, 0.2) is 0 Å². The smallest absolute Gasteiger partial charge is 0.384 e. The standard InChI is InChI=1S/C21H16N2O3S/c24-20(26-14-15-6-2-1-3-7-15)10-5-13-22-21(25)18-12-11-16-17(23-18)8-4-9-19(16)27/h1-4,6-9,11-12,27H,13-14H2,(H,22,25). The van der Waals surface area contributed by atoms with Gasteiger partial charge in [-0.1, -0.05) is 42.3 Å². The van der Waals surface area contributed by atoms with Crippen LogP contribution in [-0.4, -0.2) is 23.4 Å². The molecule has 0 aliphatic carbocycles. The summed E-state index contributed by atoms with van der Waals surface area (Å²) in [5.74, 6) is 3.90. The van der Waals surface area contributed by atoms with Crippen molar-refractivity contribution < 1.29 is 14.3 Å². The van der Waals surface area contributed by atoms with Crippen molar-refractivity contribution in [3.8, 4) is 11.8 Å². The molecule has 0 spiro atoms. The Labute approximate surface area is 162 Å². The Hall–Kier alpha value is -3.30. The Balaban J connectivity index is 1.51. The number of hydrogen-bond acceptors (Lipinski definition) is 5. The normalized spacial score (nSPS) is 9.96. The molecular formula is C21H16N2O3S. The largest absolute Gasteiger partial charge is 0.451 e. The molecule has 3 rings (SSSR count). The van der Waals surface area contributed by atoms with E-state index in [4.69, 9.17) is 4.74 Å². The number of benzene rings is 2. The summed E-state index contributed by atoms with van der Waals surface area (Å²) >= 11 is 4.36. The second kappa shape index (κ2) is 8.88. The van der Waals surface area contributed by atoms with Gasteiger partial charge in [0.2, 0.25) is 0 Å². The van der Waals surface area contributed by atoms with Gasteiger partial charge in [0.25, 0.3) is 5.91 Å². The molecule has 6 heteroatoms. The number of aromatic nitrogens is 1.